The number of aromatic nitrogens is 3. The zero-order valence-corrected chi connectivity index (χ0v) is 17.6. The van der Waals surface area contributed by atoms with Gasteiger partial charge in [-0.2, -0.15) is 15.0 Å². The van der Waals surface area contributed by atoms with Crippen LogP contribution in [0.3, 0.4) is 0 Å². The van der Waals surface area contributed by atoms with E-state index in [0.29, 0.717) is 22.3 Å². The van der Waals surface area contributed by atoms with Gasteiger partial charge in [0.1, 0.15) is 13.3 Å². The molecule has 12 heteroatoms. The number of benzene rings is 2. The lowest BCUT2D eigenvalue weighted by molar-refractivity contribution is 0.0650. The molecule has 0 atom stereocenters. The third-order valence-corrected chi connectivity index (χ3v) is 5.34. The molecule has 0 fully saturated rings. The van der Waals surface area contributed by atoms with E-state index in [1.165, 1.54) is 0 Å². The molecule has 0 bridgehead atoms. The average Bonchev–Trinajstić information content (AvgIpc) is 3.26. The maximum Gasteiger partial charge on any atom is 0.263 e. The number of fused-ring (bicyclic) bond motifs is 2. The second-order valence-electron chi connectivity index (χ2n) is 7.32. The van der Waals surface area contributed by atoms with Gasteiger partial charge in [-0.05, 0) is 24.3 Å². The van der Waals surface area contributed by atoms with Crippen molar-refractivity contribution in [2.45, 2.75) is 0 Å². The Bertz CT molecular complexity index is 1190. The number of anilines is 3. The molecule has 0 saturated carbocycles. The summed E-state index contributed by atoms with van der Waals surface area (Å²) in [4.78, 5) is 64.6. The highest BCUT2D eigenvalue weighted by Crippen LogP contribution is 2.23. The molecule has 3 N–H and O–H groups in total. The van der Waals surface area contributed by atoms with E-state index < -0.39 is 23.6 Å². The highest BCUT2D eigenvalue weighted by Gasteiger charge is 2.36. The van der Waals surface area contributed by atoms with Crippen molar-refractivity contribution in [3.63, 3.8) is 0 Å². The molecule has 12 nitrogen and oxygen atoms in total. The van der Waals surface area contributed by atoms with Gasteiger partial charge in [0.25, 0.3) is 23.6 Å². The number of carbonyl (C=O) groups excluding carboxylic acids is 4. The molecule has 1 aromatic heterocycles. The Balaban J connectivity index is 1.28. The second kappa shape index (κ2) is 8.24. The summed E-state index contributed by atoms with van der Waals surface area (Å²) >= 11 is 0. The predicted octanol–water partition coefficient (Wildman–Crippen LogP) is 1.41. The molecule has 0 saturated heterocycles. The SMILES string of the molecule is [CH2]Nc1nc(NCN2C(=O)c3ccccc3C2=O)nc(NCN2C(=O)c3ccccc3C2=O)n1. The second-order valence-corrected chi connectivity index (χ2v) is 7.32. The number of hydrogen-bond acceptors (Lipinski definition) is 10. The maximum absolute atomic E-state index is 12.5. The lowest BCUT2D eigenvalue weighted by atomic mass is 10.1. The maximum atomic E-state index is 12.5. The van der Waals surface area contributed by atoms with Crippen LogP contribution in [0.25, 0.3) is 0 Å². The first-order valence-electron chi connectivity index (χ1n) is 10.2. The summed E-state index contributed by atoms with van der Waals surface area (Å²) in [6, 6.07) is 13.1. The molecule has 4 amide bonds. The van der Waals surface area contributed by atoms with Crippen molar-refractivity contribution < 1.29 is 19.2 Å². The van der Waals surface area contributed by atoms with E-state index in [2.05, 4.69) is 37.9 Å². The van der Waals surface area contributed by atoms with Crippen LogP contribution in [0.4, 0.5) is 17.8 Å². The van der Waals surface area contributed by atoms with Crippen LogP contribution < -0.4 is 16.0 Å². The normalized spacial score (nSPS) is 14.4. The minimum absolute atomic E-state index is 0.0440. The third-order valence-electron chi connectivity index (χ3n) is 5.34. The summed E-state index contributed by atoms with van der Waals surface area (Å²) in [5.41, 5.74) is 1.31. The Kier molecular flexibility index (Phi) is 5.09. The summed E-state index contributed by atoms with van der Waals surface area (Å²) in [5.74, 6) is -1.54. The van der Waals surface area contributed by atoms with Gasteiger partial charge in [-0.3, -0.25) is 29.0 Å². The molecule has 3 aromatic rings. The molecule has 0 aliphatic carbocycles. The monoisotopic (exact) mass is 457 g/mol. The van der Waals surface area contributed by atoms with Crippen molar-refractivity contribution in [2.75, 3.05) is 29.3 Å². The minimum atomic E-state index is -0.429. The van der Waals surface area contributed by atoms with Crippen molar-refractivity contribution >= 4 is 41.5 Å². The van der Waals surface area contributed by atoms with Crippen LogP contribution in [-0.4, -0.2) is 61.7 Å². The highest BCUT2D eigenvalue weighted by molar-refractivity contribution is 6.22. The standard InChI is InChI=1S/C22H17N8O4/c1-23-20-26-21(24-10-29-16(31)12-6-2-3-7-13(12)17(29)32)28-22(27-20)25-11-30-18(33)14-8-4-5-9-15(14)19(30)34/h2-9H,1,10-11H2,(H3,23,24,25,26,27,28). The molecule has 0 spiro atoms. The minimum Gasteiger partial charge on any atom is -0.352 e. The number of nitrogens with zero attached hydrogens (tertiary/aromatic N) is 5. The summed E-state index contributed by atoms with van der Waals surface area (Å²) in [7, 11) is 3.52. The van der Waals surface area contributed by atoms with Crippen LogP contribution in [0.2, 0.25) is 0 Å². The summed E-state index contributed by atoms with van der Waals surface area (Å²) in [6.07, 6.45) is 0. The van der Waals surface area contributed by atoms with E-state index in [1.54, 1.807) is 48.5 Å². The molecule has 34 heavy (non-hydrogen) atoms. The number of imide groups is 2. The summed E-state index contributed by atoms with van der Waals surface area (Å²) < 4.78 is 0. The smallest absolute Gasteiger partial charge is 0.263 e. The van der Waals surface area contributed by atoms with Crippen molar-refractivity contribution in [3.05, 3.63) is 77.8 Å². The molecule has 169 valence electrons. The molecule has 5 rings (SSSR count). The molecule has 2 aromatic carbocycles. The van der Waals surface area contributed by atoms with Gasteiger partial charge in [-0.25, -0.2) is 0 Å². The first kappa shape index (κ1) is 21.0. The number of hydrogen-bond donors (Lipinski definition) is 3. The van der Waals surface area contributed by atoms with Crippen LogP contribution in [0.5, 0.6) is 0 Å². The lowest BCUT2D eigenvalue weighted by Crippen LogP contribution is -2.35. The zero-order valence-electron chi connectivity index (χ0n) is 17.6. The van der Waals surface area contributed by atoms with E-state index in [-0.39, 0.29) is 31.2 Å². The molecule has 0 unspecified atom stereocenters. The molecular formula is C22H17N8O4. The lowest BCUT2D eigenvalue weighted by Gasteiger charge is -2.17. The van der Waals surface area contributed by atoms with E-state index >= 15 is 0 Å². The van der Waals surface area contributed by atoms with Gasteiger partial charge in [-0.1, -0.05) is 24.3 Å². The number of nitrogens with one attached hydrogen (secondary N) is 3. The largest absolute Gasteiger partial charge is 0.352 e. The number of amides is 4. The Hall–Kier alpha value is -4.87. The summed E-state index contributed by atoms with van der Waals surface area (Å²) in [6.45, 7) is -0.352. The van der Waals surface area contributed by atoms with Gasteiger partial charge in [0.05, 0.1) is 22.3 Å². The van der Waals surface area contributed by atoms with E-state index in [4.69, 9.17) is 0 Å². The van der Waals surface area contributed by atoms with Crippen molar-refractivity contribution in [1.29, 1.82) is 0 Å². The van der Waals surface area contributed by atoms with Crippen LogP contribution >= 0.6 is 0 Å². The number of rotatable bonds is 7. The molecule has 2 aliphatic rings. The Morgan fingerprint density at radius 3 is 1.24 bits per heavy atom. The number of carbonyl (C=O) groups is 4. The molecule has 1 radical (unpaired) electrons. The molecular weight excluding hydrogens is 440 g/mol. The first-order valence-corrected chi connectivity index (χ1v) is 10.2. The highest BCUT2D eigenvalue weighted by atomic mass is 16.2. The predicted molar refractivity (Wildman–Crippen MR) is 120 cm³/mol. The van der Waals surface area contributed by atoms with Gasteiger partial charge in [0, 0.05) is 7.05 Å². The van der Waals surface area contributed by atoms with E-state index in [1.807, 2.05) is 0 Å². The van der Waals surface area contributed by atoms with Crippen LogP contribution in [0.1, 0.15) is 41.4 Å². The van der Waals surface area contributed by atoms with Gasteiger partial charge in [0.2, 0.25) is 17.8 Å². The van der Waals surface area contributed by atoms with Crippen molar-refractivity contribution in [2.24, 2.45) is 0 Å². The van der Waals surface area contributed by atoms with Crippen molar-refractivity contribution in [3.8, 4) is 0 Å². The van der Waals surface area contributed by atoms with Gasteiger partial charge in [0.15, 0.2) is 0 Å². The Morgan fingerprint density at radius 2 is 0.912 bits per heavy atom. The van der Waals surface area contributed by atoms with E-state index in [9.17, 15) is 19.2 Å². The fourth-order valence-corrected chi connectivity index (χ4v) is 3.68. The fourth-order valence-electron chi connectivity index (χ4n) is 3.68. The van der Waals surface area contributed by atoms with Crippen LogP contribution in [0.15, 0.2) is 48.5 Å². The van der Waals surface area contributed by atoms with Gasteiger partial charge >= 0.3 is 0 Å². The van der Waals surface area contributed by atoms with Gasteiger partial charge in [-0.15, -0.1) is 0 Å². The van der Waals surface area contributed by atoms with Crippen LogP contribution in [-0.2, 0) is 0 Å². The summed E-state index contributed by atoms with van der Waals surface area (Å²) in [5, 5.41) is 8.19. The Morgan fingerprint density at radius 1 is 0.588 bits per heavy atom. The average molecular weight is 457 g/mol. The zero-order chi connectivity index (χ0) is 23.8. The quantitative estimate of drug-likeness (QED) is 0.444. The Labute approximate surface area is 193 Å². The first-order chi connectivity index (χ1) is 16.5. The van der Waals surface area contributed by atoms with E-state index in [0.717, 1.165) is 9.80 Å². The molecule has 2 aliphatic heterocycles. The van der Waals surface area contributed by atoms with Crippen molar-refractivity contribution in [1.82, 2.24) is 24.8 Å². The third kappa shape index (κ3) is 3.46. The molecule has 3 heterocycles. The topological polar surface area (TPSA) is 150 Å². The fraction of sp³-hybridized carbons (Fsp3) is 0.0909. The van der Waals surface area contributed by atoms with Gasteiger partial charge < -0.3 is 16.0 Å². The van der Waals surface area contributed by atoms with Crippen LogP contribution in [0, 0.1) is 7.05 Å².